The number of likely N-dealkylation sites (N-methyl/N-ethyl adjacent to an activating group) is 1. The molecule has 3 aromatic carbocycles. The number of para-hydroxylation sites is 1. The zero-order valence-electron chi connectivity index (χ0n) is 26.1. The number of hydrogen-bond acceptors (Lipinski definition) is 7. The molecule has 0 aliphatic carbocycles. The molecule has 1 aliphatic rings. The highest BCUT2D eigenvalue weighted by molar-refractivity contribution is 6.01. The summed E-state index contributed by atoms with van der Waals surface area (Å²) in [6, 6.07) is 19.4. The van der Waals surface area contributed by atoms with Crippen molar-refractivity contribution in [3.63, 3.8) is 0 Å². The van der Waals surface area contributed by atoms with Crippen LogP contribution in [0.4, 0.5) is 16.2 Å². The van der Waals surface area contributed by atoms with Crippen molar-refractivity contribution >= 4 is 29.3 Å². The number of aryl methyl sites for hydroxylation is 1. The number of amides is 3. The Labute approximate surface area is 259 Å². The van der Waals surface area contributed by atoms with Gasteiger partial charge in [0.05, 0.1) is 37.9 Å². The van der Waals surface area contributed by atoms with E-state index in [0.717, 1.165) is 36.3 Å². The second-order valence-electron chi connectivity index (χ2n) is 10.7. The Bertz CT molecular complexity index is 1440. The number of rotatable bonds is 12. The van der Waals surface area contributed by atoms with Crippen LogP contribution in [0.25, 0.3) is 0 Å². The van der Waals surface area contributed by atoms with E-state index in [9.17, 15) is 14.4 Å². The van der Waals surface area contributed by atoms with Gasteiger partial charge in [0.25, 0.3) is 0 Å². The summed E-state index contributed by atoms with van der Waals surface area (Å²) >= 11 is 0. The van der Waals surface area contributed by atoms with Crippen LogP contribution in [0.3, 0.4) is 0 Å². The molecule has 2 N–H and O–H groups in total. The summed E-state index contributed by atoms with van der Waals surface area (Å²) in [5.74, 6) is 0.676. The number of carbonyl (C=O) groups excluding carboxylic acids is 3. The van der Waals surface area contributed by atoms with E-state index < -0.39 is 5.97 Å². The first-order valence-corrected chi connectivity index (χ1v) is 14.9. The second-order valence-corrected chi connectivity index (χ2v) is 10.7. The van der Waals surface area contributed by atoms with Crippen LogP contribution in [0, 0.1) is 6.92 Å². The molecule has 234 valence electrons. The lowest BCUT2D eigenvalue weighted by atomic mass is 10.1. The first kappa shape index (κ1) is 32.3. The lowest BCUT2D eigenvalue weighted by Crippen LogP contribution is -2.41. The number of methoxy groups -OCH3 is 2. The Kier molecular flexibility index (Phi) is 11.2. The summed E-state index contributed by atoms with van der Waals surface area (Å²) in [5, 5.41) is 5.69. The van der Waals surface area contributed by atoms with E-state index in [0.29, 0.717) is 35.9 Å². The third-order valence-corrected chi connectivity index (χ3v) is 8.02. The predicted octanol–water partition coefficient (Wildman–Crippen LogP) is 5.37. The van der Waals surface area contributed by atoms with Crippen molar-refractivity contribution in [1.82, 2.24) is 9.80 Å². The number of likely N-dealkylation sites (tertiary alicyclic amines) is 1. The molecule has 1 heterocycles. The Morgan fingerprint density at radius 3 is 2.30 bits per heavy atom. The molecule has 0 spiro atoms. The van der Waals surface area contributed by atoms with Gasteiger partial charge in [0.1, 0.15) is 18.1 Å². The average Bonchev–Trinajstić information content (AvgIpc) is 3.46. The largest absolute Gasteiger partial charge is 0.495 e. The Morgan fingerprint density at radius 2 is 1.64 bits per heavy atom. The highest BCUT2D eigenvalue weighted by atomic mass is 16.5. The van der Waals surface area contributed by atoms with Gasteiger partial charge < -0.3 is 29.7 Å². The van der Waals surface area contributed by atoms with Crippen molar-refractivity contribution in [2.24, 2.45) is 0 Å². The van der Waals surface area contributed by atoms with Crippen LogP contribution < -0.4 is 20.1 Å². The summed E-state index contributed by atoms with van der Waals surface area (Å²) in [6.45, 7) is 8.93. The monoisotopic (exact) mass is 602 g/mol. The molecule has 1 fully saturated rings. The number of carbonyl (C=O) groups is 3. The number of ether oxygens (including phenoxy) is 3. The van der Waals surface area contributed by atoms with E-state index in [1.807, 2.05) is 42.2 Å². The molecule has 10 heteroatoms. The normalized spacial score (nSPS) is 16.0. The van der Waals surface area contributed by atoms with Gasteiger partial charge in [0.15, 0.2) is 0 Å². The maximum atomic E-state index is 13.7. The smallest absolute Gasteiger partial charge is 0.337 e. The van der Waals surface area contributed by atoms with Gasteiger partial charge in [0, 0.05) is 18.3 Å². The van der Waals surface area contributed by atoms with E-state index in [2.05, 4.69) is 29.4 Å². The van der Waals surface area contributed by atoms with E-state index in [1.165, 1.54) is 14.2 Å². The van der Waals surface area contributed by atoms with Crippen LogP contribution in [0.15, 0.2) is 66.7 Å². The van der Waals surface area contributed by atoms with E-state index in [-0.39, 0.29) is 30.4 Å². The molecule has 0 bridgehead atoms. The van der Waals surface area contributed by atoms with E-state index >= 15 is 0 Å². The maximum Gasteiger partial charge on any atom is 0.337 e. The first-order valence-electron chi connectivity index (χ1n) is 14.9. The number of urea groups is 1. The molecule has 2 atom stereocenters. The van der Waals surface area contributed by atoms with E-state index in [4.69, 9.17) is 14.2 Å². The summed E-state index contributed by atoms with van der Waals surface area (Å²) in [4.78, 5) is 42.4. The molecule has 0 saturated carbocycles. The number of hydrogen-bond donors (Lipinski definition) is 2. The zero-order valence-corrected chi connectivity index (χ0v) is 26.1. The maximum absolute atomic E-state index is 13.7. The van der Waals surface area contributed by atoms with Crippen LogP contribution >= 0.6 is 0 Å². The van der Waals surface area contributed by atoms with Gasteiger partial charge in [-0.05, 0) is 80.0 Å². The number of esters is 1. The van der Waals surface area contributed by atoms with Gasteiger partial charge in [-0.1, -0.05) is 38.1 Å². The molecule has 44 heavy (non-hydrogen) atoms. The molecule has 0 aromatic heterocycles. The summed E-state index contributed by atoms with van der Waals surface area (Å²) in [5.41, 5.74) is 3.40. The SMILES string of the molecule is CCN(CC)[C@H]1C[C@@H](COc2ccc(C(=O)OC)cc2)N(C(=O)Cc2ccc(NC(=O)Nc3ccccc3C)c(OC)c2)C1. The Balaban J connectivity index is 1.43. The van der Waals surface area contributed by atoms with E-state index in [1.54, 1.807) is 36.4 Å². The number of nitrogens with zero attached hydrogens (tertiary/aromatic N) is 2. The second kappa shape index (κ2) is 15.2. The van der Waals surface area contributed by atoms with Crippen LogP contribution in [0.5, 0.6) is 11.5 Å². The van der Waals surface area contributed by atoms with Crippen LogP contribution in [-0.2, 0) is 16.0 Å². The van der Waals surface area contributed by atoms with Gasteiger partial charge in [-0.3, -0.25) is 9.69 Å². The highest BCUT2D eigenvalue weighted by Gasteiger charge is 2.37. The predicted molar refractivity (Wildman–Crippen MR) is 171 cm³/mol. The molecular weight excluding hydrogens is 560 g/mol. The van der Waals surface area contributed by atoms with Gasteiger partial charge in [-0.25, -0.2) is 9.59 Å². The van der Waals surface area contributed by atoms with Crippen molar-refractivity contribution in [3.05, 3.63) is 83.4 Å². The van der Waals surface area contributed by atoms with Gasteiger partial charge in [-0.15, -0.1) is 0 Å². The first-order chi connectivity index (χ1) is 21.3. The van der Waals surface area contributed by atoms with Gasteiger partial charge in [0.2, 0.25) is 5.91 Å². The van der Waals surface area contributed by atoms with Crippen molar-refractivity contribution in [3.8, 4) is 11.5 Å². The van der Waals surface area contributed by atoms with Gasteiger partial charge in [-0.2, -0.15) is 0 Å². The Morgan fingerprint density at radius 1 is 0.932 bits per heavy atom. The van der Waals surface area contributed by atoms with Crippen LogP contribution in [-0.4, -0.2) is 80.3 Å². The summed E-state index contributed by atoms with van der Waals surface area (Å²) in [6.07, 6.45) is 0.983. The average molecular weight is 603 g/mol. The fourth-order valence-electron chi connectivity index (χ4n) is 5.57. The third-order valence-electron chi connectivity index (χ3n) is 8.02. The molecule has 3 aromatic rings. The molecule has 4 rings (SSSR count). The lowest BCUT2D eigenvalue weighted by Gasteiger charge is -2.26. The van der Waals surface area contributed by atoms with Crippen molar-refractivity contribution < 1.29 is 28.6 Å². The lowest BCUT2D eigenvalue weighted by molar-refractivity contribution is -0.132. The molecular formula is C34H42N4O6. The Hall–Kier alpha value is -4.57. The quantitative estimate of drug-likeness (QED) is 0.269. The molecule has 1 saturated heterocycles. The van der Waals surface area contributed by atoms with Crippen molar-refractivity contribution in [2.75, 3.05) is 51.1 Å². The standard InChI is InChI=1S/C34H42N4O6/c1-6-37(7-2)26-20-27(22-44-28-15-13-25(14-16-28)33(40)43-5)38(21-26)32(39)19-24-12-17-30(31(18-24)42-4)36-34(41)35-29-11-9-8-10-23(29)3/h8-18,26-27H,6-7,19-22H2,1-5H3,(H2,35,36,41)/t26-,27-/m0/s1. The third kappa shape index (κ3) is 8.08. The zero-order chi connectivity index (χ0) is 31.6. The highest BCUT2D eigenvalue weighted by Crippen LogP contribution is 2.29. The van der Waals surface area contributed by atoms with Crippen LogP contribution in [0.1, 0.15) is 41.8 Å². The minimum Gasteiger partial charge on any atom is -0.495 e. The number of nitrogens with one attached hydrogen (secondary N) is 2. The van der Waals surface area contributed by atoms with Gasteiger partial charge >= 0.3 is 12.0 Å². The topological polar surface area (TPSA) is 109 Å². The number of benzene rings is 3. The fourth-order valence-corrected chi connectivity index (χ4v) is 5.57. The fraction of sp³-hybridized carbons (Fsp3) is 0.382. The molecule has 3 amide bonds. The van der Waals surface area contributed by atoms with Crippen LogP contribution in [0.2, 0.25) is 0 Å². The minimum absolute atomic E-state index is 0.00523. The number of anilines is 2. The molecule has 10 nitrogen and oxygen atoms in total. The summed E-state index contributed by atoms with van der Waals surface area (Å²) in [7, 11) is 2.88. The van der Waals surface area contributed by atoms with Crippen molar-refractivity contribution in [1.29, 1.82) is 0 Å². The molecule has 1 aliphatic heterocycles. The molecule has 0 radical (unpaired) electrons. The van der Waals surface area contributed by atoms with Crippen molar-refractivity contribution in [2.45, 2.75) is 45.7 Å². The summed E-state index contributed by atoms with van der Waals surface area (Å²) < 4.78 is 16.4. The minimum atomic E-state index is -0.405. The molecule has 0 unspecified atom stereocenters.